The second-order valence-electron chi connectivity index (χ2n) is 4.55. The van der Waals surface area contributed by atoms with Crippen LogP contribution in [0, 0.1) is 0 Å². The van der Waals surface area contributed by atoms with E-state index in [0.717, 1.165) is 5.56 Å². The lowest BCUT2D eigenvalue weighted by Gasteiger charge is -2.11. The number of benzene rings is 2. The number of amides is 1. The molecular weight excluding hydrogens is 268 g/mol. The van der Waals surface area contributed by atoms with E-state index in [-0.39, 0.29) is 12.5 Å². The molecular formula is C16H18N2O3. The van der Waals surface area contributed by atoms with Crippen molar-refractivity contribution in [1.29, 1.82) is 0 Å². The SMILES string of the molecule is COc1c(N)cccc1C(=O)Nc1ccc(CCO)cc1. The lowest BCUT2D eigenvalue weighted by atomic mass is 10.1. The zero-order valence-corrected chi connectivity index (χ0v) is 11.8. The summed E-state index contributed by atoms with van der Waals surface area (Å²) in [5.41, 5.74) is 8.28. The highest BCUT2D eigenvalue weighted by molar-refractivity contribution is 6.07. The van der Waals surface area contributed by atoms with Crippen LogP contribution in [0.4, 0.5) is 11.4 Å². The molecule has 110 valence electrons. The van der Waals surface area contributed by atoms with Crippen molar-refractivity contribution in [3.8, 4) is 5.75 Å². The highest BCUT2D eigenvalue weighted by Gasteiger charge is 2.14. The number of nitrogens with two attached hydrogens (primary N) is 1. The molecule has 1 amide bonds. The van der Waals surface area contributed by atoms with E-state index in [1.54, 1.807) is 30.3 Å². The van der Waals surface area contributed by atoms with Crippen molar-refractivity contribution in [3.05, 3.63) is 53.6 Å². The van der Waals surface area contributed by atoms with Gasteiger partial charge < -0.3 is 20.9 Å². The van der Waals surface area contributed by atoms with Gasteiger partial charge in [-0.2, -0.15) is 0 Å². The van der Waals surface area contributed by atoms with Gasteiger partial charge in [-0.1, -0.05) is 18.2 Å². The number of hydrogen-bond donors (Lipinski definition) is 3. The van der Waals surface area contributed by atoms with Crippen LogP contribution in [0.3, 0.4) is 0 Å². The van der Waals surface area contributed by atoms with Gasteiger partial charge in [-0.25, -0.2) is 0 Å². The highest BCUT2D eigenvalue weighted by atomic mass is 16.5. The van der Waals surface area contributed by atoms with E-state index in [4.69, 9.17) is 15.6 Å². The van der Waals surface area contributed by atoms with Crippen molar-refractivity contribution in [1.82, 2.24) is 0 Å². The van der Waals surface area contributed by atoms with Crippen LogP contribution < -0.4 is 15.8 Å². The maximum atomic E-state index is 12.3. The molecule has 0 unspecified atom stereocenters. The van der Waals surface area contributed by atoms with Gasteiger partial charge in [0, 0.05) is 12.3 Å². The average molecular weight is 286 g/mol. The van der Waals surface area contributed by atoms with E-state index in [1.807, 2.05) is 12.1 Å². The Labute approximate surface area is 123 Å². The summed E-state index contributed by atoms with van der Waals surface area (Å²) in [5.74, 6) is 0.0842. The largest absolute Gasteiger partial charge is 0.494 e. The number of carbonyl (C=O) groups is 1. The third-order valence-electron chi connectivity index (χ3n) is 3.11. The fourth-order valence-corrected chi connectivity index (χ4v) is 2.04. The molecule has 0 atom stereocenters. The fraction of sp³-hybridized carbons (Fsp3) is 0.188. The molecule has 0 saturated heterocycles. The Hall–Kier alpha value is -2.53. The Morgan fingerprint density at radius 3 is 2.57 bits per heavy atom. The third kappa shape index (κ3) is 3.52. The molecule has 2 aromatic rings. The smallest absolute Gasteiger partial charge is 0.259 e. The van der Waals surface area contributed by atoms with Crippen LogP contribution in [-0.2, 0) is 6.42 Å². The minimum atomic E-state index is -0.283. The molecule has 2 aromatic carbocycles. The van der Waals surface area contributed by atoms with Crippen LogP contribution in [0.15, 0.2) is 42.5 Å². The van der Waals surface area contributed by atoms with Crippen LogP contribution in [-0.4, -0.2) is 24.7 Å². The van der Waals surface area contributed by atoms with Gasteiger partial charge >= 0.3 is 0 Å². The molecule has 0 spiro atoms. The van der Waals surface area contributed by atoms with Crippen LogP contribution in [0.5, 0.6) is 5.75 Å². The summed E-state index contributed by atoms with van der Waals surface area (Å²) < 4.78 is 5.17. The monoisotopic (exact) mass is 286 g/mol. The molecule has 2 rings (SSSR count). The molecule has 5 nitrogen and oxygen atoms in total. The maximum absolute atomic E-state index is 12.3. The zero-order chi connectivity index (χ0) is 15.2. The van der Waals surface area contributed by atoms with E-state index < -0.39 is 0 Å². The summed E-state index contributed by atoms with van der Waals surface area (Å²) in [6.45, 7) is 0.103. The first-order chi connectivity index (χ1) is 10.2. The summed E-state index contributed by atoms with van der Waals surface area (Å²) in [7, 11) is 1.48. The number of anilines is 2. The molecule has 0 heterocycles. The number of nitrogen functional groups attached to an aromatic ring is 1. The van der Waals surface area contributed by atoms with Crippen LogP contribution in [0.2, 0.25) is 0 Å². The first-order valence-electron chi connectivity index (χ1n) is 6.59. The van der Waals surface area contributed by atoms with E-state index in [0.29, 0.717) is 29.1 Å². The van der Waals surface area contributed by atoms with Crippen molar-refractivity contribution in [3.63, 3.8) is 0 Å². The number of ether oxygens (including phenoxy) is 1. The standard InChI is InChI=1S/C16H18N2O3/c1-21-15-13(3-2-4-14(15)17)16(20)18-12-7-5-11(6-8-12)9-10-19/h2-8,19H,9-10,17H2,1H3,(H,18,20). The molecule has 0 aliphatic rings. The quantitative estimate of drug-likeness (QED) is 0.735. The van der Waals surface area contributed by atoms with Crippen molar-refractivity contribution in [2.75, 3.05) is 24.8 Å². The van der Waals surface area contributed by atoms with Gasteiger partial charge in [0.1, 0.15) is 0 Å². The lowest BCUT2D eigenvalue weighted by molar-refractivity contribution is 0.102. The number of para-hydroxylation sites is 1. The first-order valence-corrected chi connectivity index (χ1v) is 6.59. The Kier molecular flexibility index (Phi) is 4.79. The topological polar surface area (TPSA) is 84.6 Å². The van der Waals surface area contributed by atoms with E-state index in [9.17, 15) is 4.79 Å². The molecule has 0 saturated carbocycles. The molecule has 5 heteroatoms. The lowest BCUT2D eigenvalue weighted by Crippen LogP contribution is -2.14. The maximum Gasteiger partial charge on any atom is 0.259 e. The van der Waals surface area contributed by atoms with Gasteiger partial charge in [-0.05, 0) is 36.2 Å². The van der Waals surface area contributed by atoms with Crippen LogP contribution in [0.25, 0.3) is 0 Å². The van der Waals surface area contributed by atoms with Gasteiger partial charge in [0.25, 0.3) is 5.91 Å². The Bertz CT molecular complexity index is 624. The second-order valence-corrected chi connectivity index (χ2v) is 4.55. The third-order valence-corrected chi connectivity index (χ3v) is 3.11. The molecule has 0 aliphatic carbocycles. The molecule has 0 aliphatic heterocycles. The molecule has 0 fully saturated rings. The van der Waals surface area contributed by atoms with Gasteiger partial charge in [-0.3, -0.25) is 4.79 Å². The van der Waals surface area contributed by atoms with Crippen molar-refractivity contribution >= 4 is 17.3 Å². The number of aliphatic hydroxyl groups excluding tert-OH is 1. The highest BCUT2D eigenvalue weighted by Crippen LogP contribution is 2.26. The summed E-state index contributed by atoms with van der Waals surface area (Å²) in [6, 6.07) is 12.4. The summed E-state index contributed by atoms with van der Waals surface area (Å²) in [6.07, 6.45) is 0.595. The second kappa shape index (κ2) is 6.76. The molecule has 4 N–H and O–H groups in total. The zero-order valence-electron chi connectivity index (χ0n) is 11.8. The number of methoxy groups -OCH3 is 1. The Morgan fingerprint density at radius 1 is 1.24 bits per heavy atom. The molecule has 0 bridgehead atoms. The average Bonchev–Trinajstić information content (AvgIpc) is 2.49. The minimum Gasteiger partial charge on any atom is -0.494 e. The summed E-state index contributed by atoms with van der Waals surface area (Å²) >= 11 is 0. The van der Waals surface area contributed by atoms with Crippen LogP contribution in [0.1, 0.15) is 15.9 Å². The van der Waals surface area contributed by atoms with Crippen molar-refractivity contribution in [2.45, 2.75) is 6.42 Å². The van der Waals surface area contributed by atoms with E-state index in [1.165, 1.54) is 7.11 Å². The Balaban J connectivity index is 2.16. The first kappa shape index (κ1) is 14.9. The minimum absolute atomic E-state index is 0.103. The fourth-order valence-electron chi connectivity index (χ4n) is 2.04. The number of hydrogen-bond acceptors (Lipinski definition) is 4. The molecule has 21 heavy (non-hydrogen) atoms. The Morgan fingerprint density at radius 2 is 1.95 bits per heavy atom. The predicted octanol–water partition coefficient (Wildman–Crippen LogP) is 2.06. The number of rotatable bonds is 5. The number of aliphatic hydroxyl groups is 1. The molecule has 0 aromatic heterocycles. The number of nitrogens with one attached hydrogen (secondary N) is 1. The van der Waals surface area contributed by atoms with Crippen LogP contribution >= 0.6 is 0 Å². The molecule has 0 radical (unpaired) electrons. The number of carbonyl (C=O) groups excluding carboxylic acids is 1. The predicted molar refractivity (Wildman–Crippen MR) is 82.6 cm³/mol. The van der Waals surface area contributed by atoms with Crippen molar-refractivity contribution in [2.24, 2.45) is 0 Å². The van der Waals surface area contributed by atoms with E-state index in [2.05, 4.69) is 5.32 Å². The van der Waals surface area contributed by atoms with E-state index >= 15 is 0 Å². The van der Waals surface area contributed by atoms with Gasteiger partial charge in [0.2, 0.25) is 0 Å². The summed E-state index contributed by atoms with van der Waals surface area (Å²) in [4.78, 5) is 12.3. The van der Waals surface area contributed by atoms with Gasteiger partial charge in [0.15, 0.2) is 5.75 Å². The van der Waals surface area contributed by atoms with Crippen molar-refractivity contribution < 1.29 is 14.6 Å². The van der Waals surface area contributed by atoms with Gasteiger partial charge in [0.05, 0.1) is 18.4 Å². The normalized spacial score (nSPS) is 10.2. The van der Waals surface area contributed by atoms with Gasteiger partial charge in [-0.15, -0.1) is 0 Å². The summed E-state index contributed by atoms with van der Waals surface area (Å²) in [5, 5.41) is 11.7.